The molecule has 0 spiro atoms. The van der Waals surface area contributed by atoms with E-state index in [9.17, 15) is 4.79 Å². The average Bonchev–Trinajstić information content (AvgIpc) is 3.15. The number of furan rings is 1. The molecule has 1 aromatic carbocycles. The first kappa shape index (κ1) is 14.0. The van der Waals surface area contributed by atoms with Crippen molar-refractivity contribution in [1.82, 2.24) is 5.43 Å². The number of fused-ring (bicyclic) bond motifs is 1. The molecule has 0 fully saturated rings. The van der Waals surface area contributed by atoms with Gasteiger partial charge in [0.05, 0.1) is 6.21 Å². The average molecular weight is 301 g/mol. The lowest BCUT2D eigenvalue weighted by molar-refractivity contribution is 0.0954. The van der Waals surface area contributed by atoms with Crippen LogP contribution in [0.15, 0.2) is 39.9 Å². The molecule has 3 rings (SSSR count). The molecule has 2 aromatic rings. The van der Waals surface area contributed by atoms with Gasteiger partial charge in [0.25, 0.3) is 5.91 Å². The molecule has 7 nitrogen and oxygen atoms in total. The molecule has 1 aliphatic heterocycles. The van der Waals surface area contributed by atoms with Crippen molar-refractivity contribution in [3.05, 3.63) is 41.7 Å². The number of benzene rings is 1. The summed E-state index contributed by atoms with van der Waals surface area (Å²) in [7, 11) is 3.75. The molecule has 1 N–H and O–H groups in total. The second-order valence-corrected chi connectivity index (χ2v) is 4.84. The summed E-state index contributed by atoms with van der Waals surface area (Å²) in [5.41, 5.74) is 2.88. The lowest BCUT2D eigenvalue weighted by atomic mass is 10.2. The first-order valence-electron chi connectivity index (χ1n) is 6.64. The second-order valence-electron chi connectivity index (χ2n) is 4.84. The molecule has 114 valence electrons. The van der Waals surface area contributed by atoms with Crippen LogP contribution in [0, 0.1) is 0 Å². The van der Waals surface area contributed by atoms with E-state index >= 15 is 0 Å². The first-order chi connectivity index (χ1) is 10.6. The fourth-order valence-corrected chi connectivity index (χ4v) is 1.91. The molecule has 0 saturated heterocycles. The van der Waals surface area contributed by atoms with Gasteiger partial charge < -0.3 is 18.8 Å². The van der Waals surface area contributed by atoms with Crippen molar-refractivity contribution in [2.24, 2.45) is 5.10 Å². The molecule has 22 heavy (non-hydrogen) atoms. The van der Waals surface area contributed by atoms with Crippen LogP contribution in [0.3, 0.4) is 0 Å². The Balaban J connectivity index is 1.63. The molecule has 0 aliphatic carbocycles. The van der Waals surface area contributed by atoms with E-state index in [1.54, 1.807) is 24.3 Å². The number of rotatable bonds is 4. The number of carbonyl (C=O) groups is 1. The maximum absolute atomic E-state index is 12.0. The zero-order valence-corrected chi connectivity index (χ0v) is 12.2. The van der Waals surface area contributed by atoms with Crippen LogP contribution >= 0.6 is 0 Å². The van der Waals surface area contributed by atoms with Gasteiger partial charge in [-0.1, -0.05) is 0 Å². The molecule has 7 heteroatoms. The van der Waals surface area contributed by atoms with E-state index in [4.69, 9.17) is 13.9 Å². The van der Waals surface area contributed by atoms with Crippen LogP contribution in [0.4, 0.5) is 5.88 Å². The van der Waals surface area contributed by atoms with Crippen LogP contribution in [0.1, 0.15) is 16.1 Å². The minimum absolute atomic E-state index is 0.172. The third-order valence-electron chi connectivity index (χ3n) is 3.05. The Morgan fingerprint density at radius 1 is 1.23 bits per heavy atom. The van der Waals surface area contributed by atoms with Gasteiger partial charge in [-0.3, -0.25) is 4.79 Å². The number of ether oxygens (including phenoxy) is 2. The van der Waals surface area contributed by atoms with E-state index in [-0.39, 0.29) is 12.7 Å². The summed E-state index contributed by atoms with van der Waals surface area (Å²) < 4.78 is 15.9. The maximum atomic E-state index is 12.0. The molecule has 0 saturated carbocycles. The summed E-state index contributed by atoms with van der Waals surface area (Å²) >= 11 is 0. The summed E-state index contributed by atoms with van der Waals surface area (Å²) in [6, 6.07) is 8.54. The van der Waals surface area contributed by atoms with Crippen LogP contribution in [0.5, 0.6) is 11.5 Å². The van der Waals surface area contributed by atoms with E-state index < -0.39 is 0 Å². The van der Waals surface area contributed by atoms with Gasteiger partial charge in [-0.25, -0.2) is 5.43 Å². The monoisotopic (exact) mass is 301 g/mol. The van der Waals surface area contributed by atoms with Gasteiger partial charge in [0, 0.05) is 25.7 Å². The van der Waals surface area contributed by atoms with Crippen LogP contribution < -0.4 is 19.8 Å². The number of nitrogens with zero attached hydrogens (tertiary/aromatic N) is 2. The number of carbonyl (C=O) groups excluding carboxylic acids is 1. The van der Waals surface area contributed by atoms with Gasteiger partial charge in [0.2, 0.25) is 6.79 Å². The largest absolute Gasteiger partial charge is 0.454 e. The zero-order chi connectivity index (χ0) is 15.5. The number of nitrogens with one attached hydrogen (secondary N) is 1. The van der Waals surface area contributed by atoms with E-state index in [2.05, 4.69) is 10.5 Å². The third-order valence-corrected chi connectivity index (χ3v) is 3.05. The summed E-state index contributed by atoms with van der Waals surface area (Å²) in [6.07, 6.45) is 1.44. The highest BCUT2D eigenvalue weighted by Gasteiger charge is 2.15. The quantitative estimate of drug-likeness (QED) is 0.689. The van der Waals surface area contributed by atoms with Crippen LogP contribution in [-0.2, 0) is 0 Å². The Morgan fingerprint density at radius 2 is 2.05 bits per heavy atom. The number of hydrogen-bond acceptors (Lipinski definition) is 6. The number of hydrogen-bond donors (Lipinski definition) is 1. The van der Waals surface area contributed by atoms with Gasteiger partial charge in [-0.15, -0.1) is 0 Å². The maximum Gasteiger partial charge on any atom is 0.271 e. The van der Waals surface area contributed by atoms with Crippen LogP contribution in [0.25, 0.3) is 0 Å². The smallest absolute Gasteiger partial charge is 0.271 e. The number of anilines is 1. The van der Waals surface area contributed by atoms with E-state index in [0.29, 0.717) is 28.7 Å². The molecular weight excluding hydrogens is 286 g/mol. The van der Waals surface area contributed by atoms with Crippen molar-refractivity contribution in [3.63, 3.8) is 0 Å². The van der Waals surface area contributed by atoms with Crippen molar-refractivity contribution >= 4 is 18.0 Å². The predicted molar refractivity (Wildman–Crippen MR) is 80.7 cm³/mol. The van der Waals surface area contributed by atoms with Crippen LogP contribution in [0.2, 0.25) is 0 Å². The van der Waals surface area contributed by atoms with Crippen LogP contribution in [-0.4, -0.2) is 33.0 Å². The van der Waals surface area contributed by atoms with Crippen molar-refractivity contribution in [3.8, 4) is 11.5 Å². The van der Waals surface area contributed by atoms with Crippen molar-refractivity contribution < 1.29 is 18.7 Å². The molecule has 0 bridgehead atoms. The second kappa shape index (κ2) is 5.80. The Bertz CT molecular complexity index is 721. The topological polar surface area (TPSA) is 76.3 Å². The standard InChI is InChI=1S/C15H15N3O4/c1-18(2)14-6-4-11(22-14)8-16-17-15(19)10-3-5-12-13(7-10)21-9-20-12/h3-8H,9H2,1-2H3,(H,17,19)/b16-8-. The van der Waals surface area contributed by atoms with E-state index in [1.165, 1.54) is 6.21 Å². The Labute approximate surface area is 127 Å². The number of hydrazone groups is 1. The molecule has 0 atom stereocenters. The van der Waals surface area contributed by atoms with Gasteiger partial charge >= 0.3 is 0 Å². The molecule has 1 amide bonds. The Hall–Kier alpha value is -2.96. The molecular formula is C15H15N3O4. The normalized spacial score (nSPS) is 12.6. The highest BCUT2D eigenvalue weighted by atomic mass is 16.7. The molecule has 1 aromatic heterocycles. The van der Waals surface area contributed by atoms with E-state index in [0.717, 1.165) is 0 Å². The molecule has 0 radical (unpaired) electrons. The summed E-state index contributed by atoms with van der Waals surface area (Å²) in [6.45, 7) is 0.172. The molecule has 0 unspecified atom stereocenters. The zero-order valence-electron chi connectivity index (χ0n) is 12.2. The van der Waals surface area contributed by atoms with Gasteiger partial charge in [-0.2, -0.15) is 5.10 Å². The highest BCUT2D eigenvalue weighted by Crippen LogP contribution is 2.32. The SMILES string of the molecule is CN(C)c1ccc(/C=N\NC(=O)c2ccc3c(c2)OCO3)o1. The summed E-state index contributed by atoms with van der Waals surface area (Å²) in [5, 5.41) is 3.88. The van der Waals surface area contributed by atoms with Gasteiger partial charge in [-0.05, 0) is 24.3 Å². The fraction of sp³-hybridized carbons (Fsp3) is 0.200. The Kier molecular flexibility index (Phi) is 3.69. The minimum atomic E-state index is -0.339. The Morgan fingerprint density at radius 3 is 2.82 bits per heavy atom. The van der Waals surface area contributed by atoms with E-state index in [1.807, 2.05) is 25.1 Å². The summed E-state index contributed by atoms with van der Waals surface area (Å²) in [4.78, 5) is 13.8. The first-order valence-corrected chi connectivity index (χ1v) is 6.64. The third kappa shape index (κ3) is 2.88. The molecule has 2 heterocycles. The van der Waals surface area contributed by atoms with Gasteiger partial charge in [0.15, 0.2) is 17.4 Å². The highest BCUT2D eigenvalue weighted by molar-refractivity contribution is 5.95. The fourth-order valence-electron chi connectivity index (χ4n) is 1.91. The van der Waals surface area contributed by atoms with Gasteiger partial charge in [0.1, 0.15) is 5.76 Å². The van der Waals surface area contributed by atoms with Crippen molar-refractivity contribution in [2.75, 3.05) is 25.8 Å². The number of amides is 1. The molecule has 1 aliphatic rings. The minimum Gasteiger partial charge on any atom is -0.454 e. The lowest BCUT2D eigenvalue weighted by Gasteiger charge is -2.05. The van der Waals surface area contributed by atoms with Crippen molar-refractivity contribution in [2.45, 2.75) is 0 Å². The predicted octanol–water partition coefficient (Wildman–Crippen LogP) is 1.84. The van der Waals surface area contributed by atoms with Crippen molar-refractivity contribution in [1.29, 1.82) is 0 Å². The lowest BCUT2D eigenvalue weighted by Crippen LogP contribution is -2.17. The summed E-state index contributed by atoms with van der Waals surface area (Å²) in [5.74, 6) is 2.11.